The van der Waals surface area contributed by atoms with E-state index in [4.69, 9.17) is 0 Å². The number of rotatable bonds is 6. The first-order chi connectivity index (χ1) is 11.2. The van der Waals surface area contributed by atoms with Crippen LogP contribution in [0.5, 0.6) is 0 Å². The molecule has 1 atom stereocenters. The van der Waals surface area contributed by atoms with Crippen molar-refractivity contribution in [3.05, 3.63) is 18.0 Å². The van der Waals surface area contributed by atoms with E-state index in [2.05, 4.69) is 15.3 Å². The zero-order chi connectivity index (χ0) is 16.1. The summed E-state index contributed by atoms with van der Waals surface area (Å²) in [5.74, 6) is 0.460. The van der Waals surface area contributed by atoms with Gasteiger partial charge in [-0.1, -0.05) is 12.8 Å². The Labute approximate surface area is 139 Å². The van der Waals surface area contributed by atoms with E-state index in [0.717, 1.165) is 38.4 Å². The summed E-state index contributed by atoms with van der Waals surface area (Å²) in [6, 6.07) is 0.746. The van der Waals surface area contributed by atoms with Crippen LogP contribution in [-0.2, 0) is 18.3 Å². The van der Waals surface area contributed by atoms with Crippen molar-refractivity contribution in [2.45, 2.75) is 57.4 Å². The van der Waals surface area contributed by atoms with E-state index in [0.29, 0.717) is 0 Å². The number of hydrogen-bond acceptors (Lipinski definition) is 3. The lowest BCUT2D eigenvalue weighted by Gasteiger charge is -2.36. The predicted molar refractivity (Wildman–Crippen MR) is 91.1 cm³/mol. The number of aromatic nitrogens is 2. The molecular weight excluding hydrogens is 288 g/mol. The third kappa shape index (κ3) is 4.56. The minimum atomic E-state index is 0.197. The van der Waals surface area contributed by atoms with Crippen molar-refractivity contribution < 1.29 is 4.79 Å². The number of carbonyl (C=O) groups is 1. The Morgan fingerprint density at radius 3 is 2.87 bits per heavy atom. The highest BCUT2D eigenvalue weighted by atomic mass is 16.1. The van der Waals surface area contributed by atoms with Crippen LogP contribution in [-0.4, -0.2) is 46.3 Å². The minimum Gasteiger partial charge on any atom is -0.356 e. The summed E-state index contributed by atoms with van der Waals surface area (Å²) in [7, 11) is 1.93. The second-order valence-corrected chi connectivity index (χ2v) is 7.19. The van der Waals surface area contributed by atoms with Crippen LogP contribution in [0.15, 0.2) is 12.4 Å². The lowest BCUT2D eigenvalue weighted by atomic mass is 9.95. The Morgan fingerprint density at radius 1 is 1.30 bits per heavy atom. The maximum absolute atomic E-state index is 12.4. The molecule has 5 nitrogen and oxygen atoms in total. The highest BCUT2D eigenvalue weighted by Crippen LogP contribution is 2.27. The zero-order valence-electron chi connectivity index (χ0n) is 14.3. The predicted octanol–water partition coefficient (Wildman–Crippen LogP) is 2.12. The van der Waals surface area contributed by atoms with Crippen LogP contribution in [0.4, 0.5) is 0 Å². The molecule has 1 aromatic heterocycles. The van der Waals surface area contributed by atoms with E-state index in [1.165, 1.54) is 44.2 Å². The molecule has 3 rings (SSSR count). The van der Waals surface area contributed by atoms with Crippen molar-refractivity contribution in [3.8, 4) is 0 Å². The second kappa shape index (κ2) is 7.95. The van der Waals surface area contributed by atoms with Crippen molar-refractivity contribution >= 4 is 5.91 Å². The molecule has 1 amide bonds. The molecule has 0 spiro atoms. The average molecular weight is 318 g/mol. The first-order valence-corrected chi connectivity index (χ1v) is 9.21. The van der Waals surface area contributed by atoms with Gasteiger partial charge in [-0.25, -0.2) is 0 Å². The molecule has 0 radical (unpaired) electrons. The Morgan fingerprint density at radius 2 is 2.13 bits per heavy atom. The quantitative estimate of drug-likeness (QED) is 0.818. The molecular formula is C18H30N4O. The number of aryl methyl sites for hydroxylation is 2. The van der Waals surface area contributed by atoms with Gasteiger partial charge >= 0.3 is 0 Å². The van der Waals surface area contributed by atoms with Gasteiger partial charge in [0.05, 0.1) is 12.1 Å². The van der Waals surface area contributed by atoms with Crippen molar-refractivity contribution in [1.29, 1.82) is 0 Å². The summed E-state index contributed by atoms with van der Waals surface area (Å²) in [6.07, 6.45) is 13.5. The zero-order valence-corrected chi connectivity index (χ0v) is 14.3. The van der Waals surface area contributed by atoms with Crippen molar-refractivity contribution in [3.63, 3.8) is 0 Å². The molecule has 0 aromatic carbocycles. The van der Waals surface area contributed by atoms with Gasteiger partial charge in [0.2, 0.25) is 5.91 Å². The molecule has 1 unspecified atom stereocenters. The molecule has 23 heavy (non-hydrogen) atoms. The van der Waals surface area contributed by atoms with Gasteiger partial charge in [-0.2, -0.15) is 5.10 Å². The maximum Gasteiger partial charge on any atom is 0.224 e. The lowest BCUT2D eigenvalue weighted by Crippen LogP contribution is -2.46. The Kier molecular flexibility index (Phi) is 5.70. The van der Waals surface area contributed by atoms with Crippen LogP contribution in [0.1, 0.15) is 50.5 Å². The summed E-state index contributed by atoms with van der Waals surface area (Å²) in [5, 5.41) is 7.32. The van der Waals surface area contributed by atoms with E-state index in [9.17, 15) is 4.79 Å². The fourth-order valence-corrected chi connectivity index (χ4v) is 4.07. The number of nitrogens with one attached hydrogen (secondary N) is 1. The van der Waals surface area contributed by atoms with Crippen molar-refractivity contribution in [2.75, 3.05) is 19.6 Å². The molecule has 2 heterocycles. The molecule has 2 fully saturated rings. The lowest BCUT2D eigenvalue weighted by molar-refractivity contribution is -0.127. The smallest absolute Gasteiger partial charge is 0.224 e. The summed E-state index contributed by atoms with van der Waals surface area (Å²) in [4.78, 5) is 15.0. The van der Waals surface area contributed by atoms with Crippen LogP contribution in [0, 0.1) is 5.92 Å². The number of piperidine rings is 1. The van der Waals surface area contributed by atoms with Gasteiger partial charge in [-0.3, -0.25) is 14.4 Å². The molecule has 1 saturated heterocycles. The molecule has 0 bridgehead atoms. The largest absolute Gasteiger partial charge is 0.356 e. The van der Waals surface area contributed by atoms with Gasteiger partial charge in [-0.05, 0) is 50.6 Å². The van der Waals surface area contributed by atoms with E-state index in [1.54, 1.807) is 0 Å². The minimum absolute atomic E-state index is 0.197. The highest BCUT2D eigenvalue weighted by molar-refractivity contribution is 5.78. The first-order valence-electron chi connectivity index (χ1n) is 9.21. The number of carbonyl (C=O) groups excluding carboxylic acids is 1. The van der Waals surface area contributed by atoms with E-state index < -0.39 is 0 Å². The first kappa shape index (κ1) is 16.5. The SMILES string of the molecule is Cn1cc(CCCNC(=O)C2CCCN(C3CCCC3)C2)cn1. The van der Waals surface area contributed by atoms with Crippen LogP contribution >= 0.6 is 0 Å². The third-order valence-corrected chi connectivity index (χ3v) is 5.36. The maximum atomic E-state index is 12.4. The molecule has 1 N–H and O–H groups in total. The van der Waals surface area contributed by atoms with Gasteiger partial charge < -0.3 is 5.32 Å². The Hall–Kier alpha value is -1.36. The molecule has 1 saturated carbocycles. The third-order valence-electron chi connectivity index (χ3n) is 5.36. The second-order valence-electron chi connectivity index (χ2n) is 7.19. The molecule has 1 aliphatic carbocycles. The van der Waals surface area contributed by atoms with E-state index in [-0.39, 0.29) is 11.8 Å². The van der Waals surface area contributed by atoms with Gasteiger partial charge in [0.1, 0.15) is 0 Å². The fourth-order valence-electron chi connectivity index (χ4n) is 4.07. The topological polar surface area (TPSA) is 50.2 Å². The summed E-state index contributed by atoms with van der Waals surface area (Å²) < 4.78 is 1.83. The highest BCUT2D eigenvalue weighted by Gasteiger charge is 2.30. The summed E-state index contributed by atoms with van der Waals surface area (Å²) >= 11 is 0. The van der Waals surface area contributed by atoms with Crippen molar-refractivity contribution in [1.82, 2.24) is 20.0 Å². The molecule has 2 aliphatic rings. The van der Waals surface area contributed by atoms with Crippen molar-refractivity contribution in [2.24, 2.45) is 13.0 Å². The van der Waals surface area contributed by atoms with Crippen LogP contribution in [0.2, 0.25) is 0 Å². The van der Waals surface area contributed by atoms with Crippen LogP contribution in [0.25, 0.3) is 0 Å². The van der Waals surface area contributed by atoms with Crippen LogP contribution in [0.3, 0.4) is 0 Å². The number of amides is 1. The van der Waals surface area contributed by atoms with Gasteiger partial charge in [0.15, 0.2) is 0 Å². The Bertz CT molecular complexity index is 507. The van der Waals surface area contributed by atoms with Gasteiger partial charge in [-0.15, -0.1) is 0 Å². The standard InChI is InChI=1S/C18H30N4O/c1-21-13-15(12-20-21)6-4-10-19-18(23)16-7-5-11-22(14-16)17-8-2-3-9-17/h12-13,16-17H,2-11,14H2,1H3,(H,19,23). The fraction of sp³-hybridized carbons (Fsp3) is 0.778. The summed E-state index contributed by atoms with van der Waals surface area (Å²) in [5.41, 5.74) is 1.24. The molecule has 1 aliphatic heterocycles. The number of likely N-dealkylation sites (tertiary alicyclic amines) is 1. The average Bonchev–Trinajstić information content (AvgIpc) is 3.23. The molecule has 1 aromatic rings. The van der Waals surface area contributed by atoms with Gasteiger partial charge in [0, 0.05) is 32.4 Å². The monoisotopic (exact) mass is 318 g/mol. The number of nitrogens with zero attached hydrogens (tertiary/aromatic N) is 3. The van der Waals surface area contributed by atoms with Crippen LogP contribution < -0.4 is 5.32 Å². The molecule has 5 heteroatoms. The van der Waals surface area contributed by atoms with Gasteiger partial charge in [0.25, 0.3) is 0 Å². The van der Waals surface area contributed by atoms with E-state index >= 15 is 0 Å². The normalized spacial score (nSPS) is 23.3. The molecule has 128 valence electrons. The number of hydrogen-bond donors (Lipinski definition) is 1. The van der Waals surface area contributed by atoms with E-state index in [1.807, 2.05) is 24.1 Å². The Balaban J connectivity index is 1.37. The summed E-state index contributed by atoms with van der Waals surface area (Å²) in [6.45, 7) is 2.93.